The van der Waals surface area contributed by atoms with Gasteiger partial charge in [0.2, 0.25) is 0 Å². The molecule has 9 heteroatoms. The van der Waals surface area contributed by atoms with Gasteiger partial charge in [0.05, 0.1) is 5.56 Å². The number of anilines is 1. The Hall–Kier alpha value is -3.20. The first kappa shape index (κ1) is 20.5. The third-order valence-corrected chi connectivity index (χ3v) is 3.78. The lowest BCUT2D eigenvalue weighted by Gasteiger charge is -2.24. The van der Waals surface area contributed by atoms with Gasteiger partial charge in [0.25, 0.3) is 0 Å². The van der Waals surface area contributed by atoms with Gasteiger partial charge < -0.3 is 4.84 Å². The predicted molar refractivity (Wildman–Crippen MR) is 92.1 cm³/mol. The second-order valence-electron chi connectivity index (χ2n) is 5.81. The Balaban J connectivity index is 1.90. The summed E-state index contributed by atoms with van der Waals surface area (Å²) in [6, 6.07) is 12.6. The third-order valence-electron chi connectivity index (χ3n) is 3.78. The van der Waals surface area contributed by atoms with Crippen LogP contribution >= 0.6 is 0 Å². The standard InChI is InChI=1S/C20H13F6NO2/c21-14-8-10-15(11-9-14)27(28-12-13-4-1-2-6-17(13)22)29-18-7-3-5-16(19(18)23)20(24,25)26/h1-11H,12H2. The fourth-order valence-corrected chi connectivity index (χ4v) is 2.35. The summed E-state index contributed by atoms with van der Waals surface area (Å²) in [4.78, 5) is 10.5. The number of alkyl halides is 3. The molecule has 29 heavy (non-hydrogen) atoms. The quantitative estimate of drug-likeness (QED) is 0.363. The SMILES string of the molecule is Fc1ccc(N(OCc2ccccc2F)Oc2cccc(C(F)(F)F)c2F)cc1. The summed E-state index contributed by atoms with van der Waals surface area (Å²) in [5, 5.41) is 0.588. The summed E-state index contributed by atoms with van der Waals surface area (Å²) in [5.74, 6) is -3.61. The van der Waals surface area contributed by atoms with Gasteiger partial charge in [-0.1, -0.05) is 29.5 Å². The Bertz CT molecular complexity index is 975. The summed E-state index contributed by atoms with van der Waals surface area (Å²) in [6.45, 7) is -0.384. The molecule has 3 aromatic rings. The first-order valence-electron chi connectivity index (χ1n) is 8.21. The Morgan fingerprint density at radius 3 is 2.14 bits per heavy atom. The van der Waals surface area contributed by atoms with Crippen LogP contribution < -0.4 is 10.1 Å². The lowest BCUT2D eigenvalue weighted by atomic mass is 10.2. The summed E-state index contributed by atoms with van der Waals surface area (Å²) in [6.07, 6.45) is -4.93. The molecule has 3 rings (SSSR count). The summed E-state index contributed by atoms with van der Waals surface area (Å²) >= 11 is 0. The molecular weight excluding hydrogens is 400 g/mol. The van der Waals surface area contributed by atoms with E-state index in [2.05, 4.69) is 0 Å². The van der Waals surface area contributed by atoms with Crippen molar-refractivity contribution in [2.75, 3.05) is 5.23 Å². The van der Waals surface area contributed by atoms with Gasteiger partial charge in [-0.05, 0) is 42.5 Å². The van der Waals surface area contributed by atoms with Crippen LogP contribution in [0.2, 0.25) is 0 Å². The minimum atomic E-state index is -4.93. The van der Waals surface area contributed by atoms with Crippen molar-refractivity contribution in [3.8, 4) is 5.75 Å². The molecule has 3 nitrogen and oxygen atoms in total. The molecule has 0 amide bonds. The maximum Gasteiger partial charge on any atom is 0.419 e. The lowest BCUT2D eigenvalue weighted by molar-refractivity contribution is -0.140. The number of rotatable bonds is 6. The smallest absolute Gasteiger partial charge is 0.350 e. The van der Waals surface area contributed by atoms with Gasteiger partial charge in [0, 0.05) is 5.56 Å². The van der Waals surface area contributed by atoms with E-state index < -0.39 is 34.9 Å². The molecule has 0 heterocycles. The molecule has 0 unspecified atom stereocenters. The second kappa shape index (κ2) is 8.44. The van der Waals surface area contributed by atoms with Gasteiger partial charge >= 0.3 is 6.18 Å². The highest BCUT2D eigenvalue weighted by atomic mass is 19.4. The highest BCUT2D eigenvalue weighted by Crippen LogP contribution is 2.35. The zero-order valence-electron chi connectivity index (χ0n) is 14.6. The van der Waals surface area contributed by atoms with Crippen molar-refractivity contribution in [1.82, 2.24) is 0 Å². The number of nitrogens with zero attached hydrogens (tertiary/aromatic N) is 1. The van der Waals surface area contributed by atoms with Crippen LogP contribution in [-0.2, 0) is 17.6 Å². The summed E-state index contributed by atoms with van der Waals surface area (Å²) in [5.41, 5.74) is -1.37. The minimum absolute atomic E-state index is 0.0413. The van der Waals surface area contributed by atoms with Crippen LogP contribution in [0.1, 0.15) is 11.1 Å². The Labute approximate surface area is 161 Å². The van der Waals surface area contributed by atoms with Gasteiger partial charge in [-0.15, -0.1) is 0 Å². The van der Waals surface area contributed by atoms with Crippen LogP contribution in [-0.4, -0.2) is 0 Å². The largest absolute Gasteiger partial charge is 0.419 e. The van der Waals surface area contributed by atoms with Gasteiger partial charge in [-0.25, -0.2) is 18.0 Å². The second-order valence-corrected chi connectivity index (χ2v) is 5.81. The Morgan fingerprint density at radius 1 is 0.793 bits per heavy atom. The highest BCUT2D eigenvalue weighted by molar-refractivity contribution is 5.43. The fourth-order valence-electron chi connectivity index (χ4n) is 2.35. The highest BCUT2D eigenvalue weighted by Gasteiger charge is 2.35. The van der Waals surface area contributed by atoms with Crippen LogP contribution in [0.5, 0.6) is 5.75 Å². The van der Waals surface area contributed by atoms with Crippen molar-refractivity contribution in [3.05, 3.63) is 95.3 Å². The van der Waals surface area contributed by atoms with Crippen molar-refractivity contribution >= 4 is 5.69 Å². The van der Waals surface area contributed by atoms with Crippen LogP contribution in [0.3, 0.4) is 0 Å². The van der Waals surface area contributed by atoms with Crippen LogP contribution in [0, 0.1) is 17.5 Å². The summed E-state index contributed by atoms with van der Waals surface area (Å²) < 4.78 is 80.1. The maximum absolute atomic E-state index is 14.3. The Kier molecular flexibility index (Phi) is 5.97. The van der Waals surface area contributed by atoms with Crippen LogP contribution in [0.4, 0.5) is 32.0 Å². The minimum Gasteiger partial charge on any atom is -0.350 e. The van der Waals surface area contributed by atoms with Crippen molar-refractivity contribution in [1.29, 1.82) is 0 Å². The van der Waals surface area contributed by atoms with E-state index in [0.29, 0.717) is 11.3 Å². The zero-order chi connectivity index (χ0) is 21.0. The van der Waals surface area contributed by atoms with Gasteiger partial charge in [0.15, 0.2) is 11.6 Å². The molecule has 0 fully saturated rings. The fraction of sp³-hybridized carbons (Fsp3) is 0.100. The Morgan fingerprint density at radius 2 is 1.48 bits per heavy atom. The molecule has 0 saturated heterocycles. The number of hydrogen-bond donors (Lipinski definition) is 0. The average Bonchev–Trinajstić information content (AvgIpc) is 2.67. The molecule has 0 aliphatic heterocycles. The van der Waals surface area contributed by atoms with E-state index in [9.17, 15) is 26.3 Å². The molecule has 0 aliphatic carbocycles. The van der Waals surface area contributed by atoms with Gasteiger partial charge in [0.1, 0.15) is 23.9 Å². The van der Waals surface area contributed by atoms with E-state index in [0.717, 1.165) is 24.3 Å². The van der Waals surface area contributed by atoms with E-state index in [4.69, 9.17) is 9.68 Å². The molecule has 0 bridgehead atoms. The molecule has 3 aromatic carbocycles. The van der Waals surface area contributed by atoms with Crippen molar-refractivity contribution in [2.45, 2.75) is 12.8 Å². The molecule has 0 atom stereocenters. The molecule has 0 radical (unpaired) electrons. The molecule has 0 N–H and O–H groups in total. The lowest BCUT2D eigenvalue weighted by Crippen LogP contribution is -2.28. The first-order chi connectivity index (χ1) is 13.8. The maximum atomic E-state index is 14.3. The predicted octanol–water partition coefficient (Wildman–Crippen LogP) is 6.05. The molecule has 0 aromatic heterocycles. The molecule has 0 aliphatic rings. The van der Waals surface area contributed by atoms with Crippen LogP contribution in [0.15, 0.2) is 66.7 Å². The van der Waals surface area contributed by atoms with E-state index in [-0.39, 0.29) is 17.9 Å². The number of hydrogen-bond acceptors (Lipinski definition) is 3. The molecule has 0 saturated carbocycles. The van der Waals surface area contributed by atoms with Crippen molar-refractivity contribution in [2.24, 2.45) is 0 Å². The van der Waals surface area contributed by atoms with Gasteiger partial charge in [-0.3, -0.25) is 0 Å². The first-order valence-corrected chi connectivity index (χ1v) is 8.21. The molecular formula is C20H13F6NO2. The molecule has 152 valence electrons. The monoisotopic (exact) mass is 413 g/mol. The zero-order valence-corrected chi connectivity index (χ0v) is 14.6. The third kappa shape index (κ3) is 5.00. The number of halogens is 6. The molecule has 0 spiro atoms. The summed E-state index contributed by atoms with van der Waals surface area (Å²) in [7, 11) is 0. The van der Waals surface area contributed by atoms with E-state index in [1.54, 1.807) is 6.07 Å². The average molecular weight is 413 g/mol. The topological polar surface area (TPSA) is 21.7 Å². The van der Waals surface area contributed by atoms with Crippen LogP contribution in [0.25, 0.3) is 0 Å². The van der Waals surface area contributed by atoms with Crippen molar-refractivity contribution in [3.63, 3.8) is 0 Å². The van der Waals surface area contributed by atoms with E-state index >= 15 is 0 Å². The van der Waals surface area contributed by atoms with E-state index in [1.807, 2.05) is 0 Å². The normalized spacial score (nSPS) is 11.4. The van der Waals surface area contributed by atoms with Gasteiger partial charge in [-0.2, -0.15) is 13.2 Å². The van der Waals surface area contributed by atoms with Crippen molar-refractivity contribution < 1.29 is 36.0 Å². The van der Waals surface area contributed by atoms with E-state index in [1.165, 1.54) is 30.3 Å². The number of benzene rings is 3.